The summed E-state index contributed by atoms with van der Waals surface area (Å²) in [5, 5.41) is 0.387. The molecule has 1 saturated carbocycles. The van der Waals surface area contributed by atoms with E-state index in [-0.39, 0.29) is 17.5 Å². The summed E-state index contributed by atoms with van der Waals surface area (Å²) in [5.41, 5.74) is 0.517. The van der Waals surface area contributed by atoms with Crippen LogP contribution in [0.3, 0.4) is 0 Å². The summed E-state index contributed by atoms with van der Waals surface area (Å²) in [6, 6.07) is 1.64. The van der Waals surface area contributed by atoms with Crippen LogP contribution in [-0.2, 0) is 4.74 Å². The third kappa shape index (κ3) is 2.84. The summed E-state index contributed by atoms with van der Waals surface area (Å²) < 4.78 is 5.54. The number of morpholine rings is 1. The molecule has 1 unspecified atom stereocenters. The van der Waals surface area contributed by atoms with E-state index in [2.05, 4.69) is 15.0 Å². The van der Waals surface area contributed by atoms with Gasteiger partial charge in [0.15, 0.2) is 0 Å². The maximum absolute atomic E-state index is 12.8. The molecule has 2 fully saturated rings. The van der Waals surface area contributed by atoms with E-state index in [1.807, 2.05) is 4.90 Å². The lowest BCUT2D eigenvalue weighted by Crippen LogP contribution is -2.49. The van der Waals surface area contributed by atoms with Crippen molar-refractivity contribution in [2.45, 2.75) is 25.3 Å². The van der Waals surface area contributed by atoms with E-state index < -0.39 is 0 Å². The molecule has 1 saturated heterocycles. The van der Waals surface area contributed by atoms with Gasteiger partial charge in [0.2, 0.25) is 0 Å². The number of hydrogen-bond acceptors (Lipinski definition) is 5. The summed E-state index contributed by atoms with van der Waals surface area (Å²) in [5.74, 6) is 0.581. The second-order valence-electron chi connectivity index (χ2n) is 6.22. The molecule has 0 spiro atoms. The number of aromatic amines is 1. The van der Waals surface area contributed by atoms with E-state index in [4.69, 9.17) is 4.74 Å². The number of H-pyrrole nitrogens is 1. The smallest absolute Gasteiger partial charge is 0.272 e. The monoisotopic (exact) mass is 314 g/mol. The zero-order valence-corrected chi connectivity index (χ0v) is 12.7. The molecule has 1 atom stereocenters. The Hall–Kier alpha value is -2.28. The van der Waals surface area contributed by atoms with Crippen molar-refractivity contribution in [3.8, 4) is 0 Å². The maximum atomic E-state index is 12.8. The average Bonchev–Trinajstić information content (AvgIpc) is 3.39. The first-order valence-electron chi connectivity index (χ1n) is 7.94. The topological polar surface area (TPSA) is 88.2 Å². The number of amides is 1. The van der Waals surface area contributed by atoms with E-state index in [0.29, 0.717) is 42.3 Å². The van der Waals surface area contributed by atoms with Crippen LogP contribution in [0.1, 0.15) is 29.8 Å². The predicted octanol–water partition coefficient (Wildman–Crippen LogP) is 0.959. The lowest BCUT2D eigenvalue weighted by Gasteiger charge is -2.35. The number of carbonyl (C=O) groups is 1. The highest BCUT2D eigenvalue weighted by molar-refractivity contribution is 5.95. The second-order valence-corrected chi connectivity index (χ2v) is 6.22. The molecule has 4 rings (SSSR count). The fourth-order valence-corrected chi connectivity index (χ4v) is 3.09. The van der Waals surface area contributed by atoms with E-state index in [0.717, 1.165) is 6.42 Å². The average molecular weight is 314 g/mol. The van der Waals surface area contributed by atoms with Crippen molar-refractivity contribution in [3.05, 3.63) is 34.6 Å². The maximum Gasteiger partial charge on any atom is 0.272 e. The summed E-state index contributed by atoms with van der Waals surface area (Å²) >= 11 is 0. The van der Waals surface area contributed by atoms with Crippen LogP contribution in [0, 0.1) is 5.92 Å². The van der Waals surface area contributed by atoms with Gasteiger partial charge in [0.1, 0.15) is 5.69 Å². The molecule has 0 bridgehead atoms. The fraction of sp³-hybridized carbons (Fsp3) is 0.500. The van der Waals surface area contributed by atoms with Crippen molar-refractivity contribution in [1.29, 1.82) is 0 Å². The zero-order valence-electron chi connectivity index (χ0n) is 12.7. The molecule has 7 nitrogen and oxygen atoms in total. The predicted molar refractivity (Wildman–Crippen MR) is 83.1 cm³/mol. The number of ether oxygens (including phenoxy) is 1. The number of fused-ring (bicyclic) bond motifs is 1. The van der Waals surface area contributed by atoms with Crippen LogP contribution in [0.15, 0.2) is 23.4 Å². The molecule has 23 heavy (non-hydrogen) atoms. The van der Waals surface area contributed by atoms with Crippen LogP contribution >= 0.6 is 0 Å². The molecule has 1 aliphatic heterocycles. The molecule has 2 aromatic rings. The highest BCUT2D eigenvalue weighted by Gasteiger charge is 2.34. The van der Waals surface area contributed by atoms with Crippen LogP contribution in [-0.4, -0.2) is 51.6 Å². The molecule has 7 heteroatoms. The Morgan fingerprint density at radius 2 is 2.26 bits per heavy atom. The number of nitrogens with zero attached hydrogens (tertiary/aromatic N) is 3. The number of hydrogen-bond donors (Lipinski definition) is 1. The number of aromatic nitrogens is 3. The minimum Gasteiger partial charge on any atom is -0.377 e. The van der Waals surface area contributed by atoms with Crippen molar-refractivity contribution in [2.24, 2.45) is 5.92 Å². The fourth-order valence-electron chi connectivity index (χ4n) is 3.09. The molecule has 0 radical (unpaired) electrons. The SMILES string of the molecule is O=C(c1cc2c(=O)[nH]cnc2cn1)N1CCOCC1CC1CC1. The Bertz CT molecular complexity index is 799. The van der Waals surface area contributed by atoms with Gasteiger partial charge in [0.25, 0.3) is 11.5 Å². The molecule has 2 aromatic heterocycles. The van der Waals surface area contributed by atoms with Gasteiger partial charge in [-0.05, 0) is 18.4 Å². The third-order valence-electron chi connectivity index (χ3n) is 4.54. The quantitative estimate of drug-likeness (QED) is 0.911. The highest BCUT2D eigenvalue weighted by atomic mass is 16.5. The molecule has 3 heterocycles. The Morgan fingerprint density at radius 1 is 1.39 bits per heavy atom. The Morgan fingerprint density at radius 3 is 3.09 bits per heavy atom. The van der Waals surface area contributed by atoms with Gasteiger partial charge in [-0.25, -0.2) is 9.97 Å². The van der Waals surface area contributed by atoms with E-state index in [1.54, 1.807) is 0 Å². The van der Waals surface area contributed by atoms with Crippen LogP contribution in [0.25, 0.3) is 10.9 Å². The summed E-state index contributed by atoms with van der Waals surface area (Å²) in [7, 11) is 0. The van der Waals surface area contributed by atoms with Crippen LogP contribution < -0.4 is 5.56 Å². The summed E-state index contributed by atoms with van der Waals surface area (Å²) in [4.78, 5) is 37.4. The van der Waals surface area contributed by atoms with Crippen LogP contribution in [0.4, 0.5) is 0 Å². The van der Waals surface area contributed by atoms with Crippen molar-refractivity contribution in [3.63, 3.8) is 0 Å². The Kier molecular flexibility index (Phi) is 3.57. The number of carbonyl (C=O) groups excluding carboxylic acids is 1. The normalized spacial score (nSPS) is 21.6. The lowest BCUT2D eigenvalue weighted by molar-refractivity contribution is -0.00598. The molecule has 1 N–H and O–H groups in total. The van der Waals surface area contributed by atoms with Crippen LogP contribution in [0.2, 0.25) is 0 Å². The van der Waals surface area contributed by atoms with Gasteiger partial charge in [-0.15, -0.1) is 0 Å². The van der Waals surface area contributed by atoms with Gasteiger partial charge in [-0.1, -0.05) is 12.8 Å². The van der Waals surface area contributed by atoms with Crippen molar-refractivity contribution in [1.82, 2.24) is 19.9 Å². The molecule has 1 aliphatic carbocycles. The highest BCUT2D eigenvalue weighted by Crippen LogP contribution is 2.35. The van der Waals surface area contributed by atoms with Gasteiger partial charge >= 0.3 is 0 Å². The van der Waals surface area contributed by atoms with E-state index in [9.17, 15) is 9.59 Å². The standard InChI is InChI=1S/C16H18N4O3/c21-15-12-6-13(17-7-14(12)18-9-19-15)16(22)20-3-4-23-8-11(20)5-10-1-2-10/h6-7,9-11H,1-5,8H2,(H,18,19,21). The van der Waals surface area contributed by atoms with Gasteiger partial charge in [0.05, 0.1) is 42.7 Å². The van der Waals surface area contributed by atoms with E-state index in [1.165, 1.54) is 31.4 Å². The Balaban J connectivity index is 1.64. The molecular weight excluding hydrogens is 296 g/mol. The first-order chi connectivity index (χ1) is 11.2. The number of pyridine rings is 1. The lowest BCUT2D eigenvalue weighted by atomic mass is 10.1. The van der Waals surface area contributed by atoms with Gasteiger partial charge in [-0.2, -0.15) is 0 Å². The minimum absolute atomic E-state index is 0.105. The number of rotatable bonds is 3. The van der Waals surface area contributed by atoms with Crippen molar-refractivity contribution < 1.29 is 9.53 Å². The first-order valence-corrected chi connectivity index (χ1v) is 7.94. The minimum atomic E-state index is -0.261. The molecule has 120 valence electrons. The molecule has 1 amide bonds. The largest absolute Gasteiger partial charge is 0.377 e. The summed E-state index contributed by atoms with van der Waals surface area (Å²) in [6.07, 6.45) is 6.29. The van der Waals surface area contributed by atoms with Gasteiger partial charge in [0, 0.05) is 6.54 Å². The van der Waals surface area contributed by atoms with E-state index >= 15 is 0 Å². The summed E-state index contributed by atoms with van der Waals surface area (Å²) in [6.45, 7) is 1.69. The molecule has 2 aliphatic rings. The molecular formula is C16H18N4O3. The Labute approximate surface area is 132 Å². The first kappa shape index (κ1) is 14.3. The van der Waals surface area contributed by atoms with Crippen molar-refractivity contribution >= 4 is 16.8 Å². The van der Waals surface area contributed by atoms with Crippen LogP contribution in [0.5, 0.6) is 0 Å². The van der Waals surface area contributed by atoms with Gasteiger partial charge in [-0.3, -0.25) is 9.59 Å². The molecule has 0 aromatic carbocycles. The third-order valence-corrected chi connectivity index (χ3v) is 4.54. The zero-order chi connectivity index (χ0) is 15.8. The van der Waals surface area contributed by atoms with Gasteiger partial charge < -0.3 is 14.6 Å². The second kappa shape index (κ2) is 5.73. The van der Waals surface area contributed by atoms with Crippen molar-refractivity contribution in [2.75, 3.05) is 19.8 Å². The number of nitrogens with one attached hydrogen (secondary N) is 1.